The molecule has 2 N–H and O–H groups in total. The van der Waals surface area contributed by atoms with E-state index in [1.54, 1.807) is 0 Å². The average Bonchev–Trinajstić information content (AvgIpc) is 0.829. The number of hydrogen-bond acceptors (Lipinski definition) is 10. The van der Waals surface area contributed by atoms with Crippen molar-refractivity contribution in [2.75, 3.05) is 63.5 Å². The number of hydrogen-bond donors (Lipinski definition) is 2. The van der Waals surface area contributed by atoms with Gasteiger partial charge in [0.15, 0.2) is 23.0 Å². The summed E-state index contributed by atoms with van der Waals surface area (Å²) in [5.41, 5.74) is 1.14. The van der Waals surface area contributed by atoms with Crippen LogP contribution < -0.4 is 39.1 Å². The lowest BCUT2D eigenvalue weighted by molar-refractivity contribution is 0.158. The topological polar surface area (TPSA) is 132 Å². The van der Waals surface area contributed by atoms with Crippen LogP contribution in [0.2, 0.25) is 0 Å². The lowest BCUT2D eigenvalue weighted by atomic mass is 10.1. The van der Waals surface area contributed by atoms with E-state index in [-0.39, 0.29) is 13.2 Å². The molecule has 0 saturated carbocycles. The molecule has 12 nitrogen and oxygen atoms in total. The molecule has 0 saturated heterocycles. The van der Waals surface area contributed by atoms with E-state index in [1.165, 1.54) is 308 Å². The van der Waals surface area contributed by atoms with Crippen LogP contribution >= 0.6 is 0 Å². The number of anilines is 2. The molecule has 0 bridgehead atoms. The minimum atomic E-state index is -0.513. The number of ether oxygens (including phenoxy) is 8. The summed E-state index contributed by atoms with van der Waals surface area (Å²) in [6, 6.07) is 7.53. The predicted octanol–water partition coefficient (Wildman–Crippen LogP) is 31.6. The molecule has 634 valence electrons. The summed E-state index contributed by atoms with van der Waals surface area (Å²) in [6.45, 7) is 17.7. The van der Waals surface area contributed by atoms with Gasteiger partial charge in [0.05, 0.1) is 64.2 Å². The van der Waals surface area contributed by atoms with E-state index in [1.807, 2.05) is 24.3 Å². The van der Waals surface area contributed by atoms with Gasteiger partial charge < -0.3 is 37.9 Å². The second kappa shape index (κ2) is 80.5. The second-order valence-electron chi connectivity index (χ2n) is 31.8. The van der Waals surface area contributed by atoms with Crippen LogP contribution in [0.25, 0.3) is 0 Å². The normalized spacial score (nSPS) is 11.1. The molecular weight excluding hydrogens is 1370 g/mol. The average molecular weight is 1540 g/mol. The fourth-order valence-corrected chi connectivity index (χ4v) is 14.1. The van der Waals surface area contributed by atoms with Gasteiger partial charge in [-0.1, -0.05) is 400 Å². The van der Waals surface area contributed by atoms with Gasteiger partial charge in [-0.25, -0.2) is 9.59 Å². The predicted molar refractivity (Wildman–Crippen MR) is 470 cm³/mol. The van der Waals surface area contributed by atoms with Crippen molar-refractivity contribution in [2.45, 2.75) is 465 Å². The molecule has 0 spiro atoms. The highest BCUT2D eigenvalue weighted by Crippen LogP contribution is 2.43. The summed E-state index contributed by atoms with van der Waals surface area (Å²) in [4.78, 5) is 26.8. The van der Waals surface area contributed by atoms with Crippen LogP contribution in [0.1, 0.15) is 465 Å². The van der Waals surface area contributed by atoms with E-state index in [2.05, 4.69) is 75.9 Å². The van der Waals surface area contributed by atoms with Gasteiger partial charge in [0, 0.05) is 37.1 Å². The zero-order valence-electron chi connectivity index (χ0n) is 72.7. The highest BCUT2D eigenvalue weighted by atomic mass is 16.6. The maximum atomic E-state index is 13.4. The highest BCUT2D eigenvalue weighted by molar-refractivity contribution is 5.86. The van der Waals surface area contributed by atoms with Crippen molar-refractivity contribution < 1.29 is 47.5 Å². The van der Waals surface area contributed by atoms with E-state index < -0.39 is 12.2 Å². The third-order valence-corrected chi connectivity index (χ3v) is 21.1. The van der Waals surface area contributed by atoms with Crippen LogP contribution in [0, 0.1) is 23.7 Å². The first-order valence-electron chi connectivity index (χ1n) is 47.4. The Bertz CT molecular complexity index is 2230. The van der Waals surface area contributed by atoms with Crippen LogP contribution in [0.4, 0.5) is 21.0 Å². The minimum Gasteiger partial charge on any atom is -0.489 e. The first kappa shape index (κ1) is 101. The molecule has 0 radical (unpaired) electrons. The van der Waals surface area contributed by atoms with Crippen molar-refractivity contribution in [1.29, 1.82) is 0 Å². The molecule has 110 heavy (non-hydrogen) atoms. The molecule has 0 fully saturated rings. The van der Waals surface area contributed by atoms with Crippen molar-refractivity contribution >= 4 is 23.6 Å². The van der Waals surface area contributed by atoms with Crippen LogP contribution in [0.5, 0.6) is 34.5 Å². The summed E-state index contributed by atoms with van der Waals surface area (Å²) in [5.74, 6) is 16.0. The summed E-state index contributed by atoms with van der Waals surface area (Å²) >= 11 is 0. The lowest BCUT2D eigenvalue weighted by Gasteiger charge is -2.19. The SMILES string of the molecule is CCCCCCCCCCCCOc1cc(NC(=O)OCCCCC#CC#CCCCCOC(=O)Nc2cc(OCCCCCCCCCCCC)c(OCCCCCCCCCCCC)c(OCCCCCCCCCCCC)c2)cc(OCCCCCCCCCCCC)c1OCCCCCCCCCCCC. The van der Waals surface area contributed by atoms with Crippen molar-refractivity contribution in [3.05, 3.63) is 24.3 Å². The van der Waals surface area contributed by atoms with Gasteiger partial charge in [0.25, 0.3) is 0 Å². The minimum absolute atomic E-state index is 0.272. The zero-order chi connectivity index (χ0) is 78.8. The Kier molecular flexibility index (Phi) is 73.9. The van der Waals surface area contributed by atoms with Gasteiger partial charge in [-0.05, 0) is 76.0 Å². The van der Waals surface area contributed by atoms with E-state index in [0.29, 0.717) is 111 Å². The maximum Gasteiger partial charge on any atom is 0.411 e. The van der Waals surface area contributed by atoms with E-state index in [0.717, 1.165) is 89.9 Å². The Morgan fingerprint density at radius 2 is 0.400 bits per heavy atom. The second-order valence-corrected chi connectivity index (χ2v) is 31.8. The summed E-state index contributed by atoms with van der Waals surface area (Å²) < 4.78 is 50.9. The smallest absolute Gasteiger partial charge is 0.411 e. The molecule has 2 aromatic carbocycles. The molecule has 12 heteroatoms. The van der Waals surface area contributed by atoms with Gasteiger partial charge in [0.2, 0.25) is 11.5 Å². The molecule has 0 heterocycles. The van der Waals surface area contributed by atoms with Crippen molar-refractivity contribution in [3.8, 4) is 58.2 Å². The fourth-order valence-electron chi connectivity index (χ4n) is 14.1. The van der Waals surface area contributed by atoms with Crippen molar-refractivity contribution in [3.63, 3.8) is 0 Å². The molecule has 2 amide bonds. The first-order chi connectivity index (χ1) is 54.4. The van der Waals surface area contributed by atoms with Gasteiger partial charge in [-0.15, -0.1) is 0 Å². The van der Waals surface area contributed by atoms with Gasteiger partial charge in [0.1, 0.15) is 0 Å². The maximum absolute atomic E-state index is 13.4. The quantitative estimate of drug-likeness (QED) is 0.0487. The number of carbonyl (C=O) groups excluding carboxylic acids is 2. The molecule has 0 aromatic heterocycles. The monoisotopic (exact) mass is 1540 g/mol. The van der Waals surface area contributed by atoms with E-state index in [9.17, 15) is 9.59 Å². The molecule has 0 aliphatic carbocycles. The van der Waals surface area contributed by atoms with E-state index in [4.69, 9.17) is 37.9 Å². The third-order valence-electron chi connectivity index (χ3n) is 21.1. The lowest BCUT2D eigenvalue weighted by Crippen LogP contribution is -2.15. The highest BCUT2D eigenvalue weighted by Gasteiger charge is 2.20. The van der Waals surface area contributed by atoms with Crippen molar-refractivity contribution in [2.24, 2.45) is 0 Å². The number of amides is 2. The summed E-state index contributed by atoms with van der Waals surface area (Å²) in [7, 11) is 0. The molecule has 0 unspecified atom stereocenters. The fraction of sp³-hybridized carbons (Fsp3) is 0.816. The number of benzene rings is 2. The van der Waals surface area contributed by atoms with E-state index >= 15 is 0 Å². The Hall–Kier alpha value is -5.10. The summed E-state index contributed by atoms with van der Waals surface area (Å²) in [6.07, 6.45) is 78.6. The van der Waals surface area contributed by atoms with Gasteiger partial charge in [-0.3, -0.25) is 10.6 Å². The summed E-state index contributed by atoms with van der Waals surface area (Å²) in [5, 5.41) is 5.99. The molecule has 2 aromatic rings. The standard InChI is InChI=1S/C98H172N2O10/c1-7-13-19-25-31-37-45-53-61-69-77-103-91-85-89(86-92(104-78-70-62-54-46-38-32-26-20-14-8-2)95(91)107-81-73-65-57-49-41-35-29-23-17-11-5)99-97(101)109-83-75-67-59-51-43-44-52-60-68-76-84-110-98(102)100-90-87-93(105-79-71-63-55-47-39-33-27-21-15-9-3)96(108-82-74-66-58-50-42-36-30-24-18-12-6)94(88-90)106-80-72-64-56-48-40-34-28-22-16-10-4/h85-88H,7-42,45-50,53-84H2,1-6H3,(H,99,101)(H,100,102). The molecule has 0 atom stereocenters. The molecule has 2 rings (SSSR count). The number of carbonyl (C=O) groups is 2. The Labute approximate surface area is 678 Å². The van der Waals surface area contributed by atoms with Crippen LogP contribution in [-0.2, 0) is 9.47 Å². The Balaban J connectivity index is 2.03. The Morgan fingerprint density at radius 1 is 0.227 bits per heavy atom. The van der Waals surface area contributed by atoms with Gasteiger partial charge in [-0.2, -0.15) is 0 Å². The van der Waals surface area contributed by atoms with Gasteiger partial charge >= 0.3 is 12.2 Å². The number of rotatable bonds is 82. The zero-order valence-corrected chi connectivity index (χ0v) is 72.7. The third kappa shape index (κ3) is 63.3. The number of nitrogens with one attached hydrogen (secondary N) is 2. The number of unbranched alkanes of at least 4 members (excludes halogenated alkanes) is 58. The van der Waals surface area contributed by atoms with Crippen LogP contribution in [0.15, 0.2) is 24.3 Å². The van der Waals surface area contributed by atoms with Crippen molar-refractivity contribution in [1.82, 2.24) is 0 Å². The largest absolute Gasteiger partial charge is 0.489 e. The Morgan fingerprint density at radius 3 is 0.600 bits per heavy atom. The molecular formula is C98H172N2O10. The molecule has 0 aliphatic heterocycles. The van der Waals surface area contributed by atoms with Crippen LogP contribution in [-0.4, -0.2) is 65.0 Å². The molecule has 0 aliphatic rings. The first-order valence-corrected chi connectivity index (χ1v) is 47.4. The van der Waals surface area contributed by atoms with Crippen LogP contribution in [0.3, 0.4) is 0 Å².